The molecule has 0 bridgehead atoms. The molecule has 0 unspecified atom stereocenters. The number of halogens is 5. The van der Waals surface area contributed by atoms with Crippen LogP contribution in [-0.4, -0.2) is 13.9 Å². The Morgan fingerprint density at radius 1 is 1.38 bits per heavy atom. The van der Waals surface area contributed by atoms with Gasteiger partial charge in [0, 0.05) is 7.11 Å². The lowest BCUT2D eigenvalue weighted by Gasteiger charge is -2.14. The molecule has 0 spiro atoms. The Bertz CT molecular complexity index is 382. The van der Waals surface area contributed by atoms with Crippen molar-refractivity contribution in [3.63, 3.8) is 0 Å². The lowest BCUT2D eigenvalue weighted by Crippen LogP contribution is -2.08. The predicted molar refractivity (Wildman–Crippen MR) is 61.7 cm³/mol. The highest BCUT2D eigenvalue weighted by molar-refractivity contribution is 14.1. The number of ether oxygens (including phenoxy) is 2. The van der Waals surface area contributed by atoms with Crippen molar-refractivity contribution in [1.82, 2.24) is 0 Å². The summed E-state index contributed by atoms with van der Waals surface area (Å²) >= 11 is 7.47. The van der Waals surface area contributed by atoms with Gasteiger partial charge in [0.2, 0.25) is 0 Å². The van der Waals surface area contributed by atoms with Gasteiger partial charge in [-0.15, -0.1) is 0 Å². The number of hydrogen-bond acceptors (Lipinski definition) is 2. The van der Waals surface area contributed by atoms with Crippen molar-refractivity contribution in [3.8, 4) is 5.75 Å². The first-order chi connectivity index (χ1) is 7.38. The van der Waals surface area contributed by atoms with E-state index < -0.39 is 16.8 Å². The van der Waals surface area contributed by atoms with Crippen LogP contribution < -0.4 is 4.74 Å². The average molecular weight is 367 g/mol. The van der Waals surface area contributed by atoms with Gasteiger partial charge in [-0.1, -0.05) is 11.6 Å². The molecule has 16 heavy (non-hydrogen) atoms. The van der Waals surface area contributed by atoms with Gasteiger partial charge < -0.3 is 9.47 Å². The first kappa shape index (κ1) is 13.9. The van der Waals surface area contributed by atoms with Crippen molar-refractivity contribution in [2.24, 2.45) is 0 Å². The fourth-order valence-electron chi connectivity index (χ4n) is 1.00. The van der Waals surface area contributed by atoms with Crippen LogP contribution in [0, 0.1) is 3.57 Å². The van der Waals surface area contributed by atoms with E-state index in [4.69, 9.17) is 16.3 Å². The Hall–Kier alpha value is -0.210. The molecular formula is C9H7ClF3IO2. The van der Waals surface area contributed by atoms with Crippen molar-refractivity contribution >= 4 is 34.2 Å². The Kier molecular flexibility index (Phi) is 4.69. The van der Waals surface area contributed by atoms with E-state index in [2.05, 4.69) is 4.74 Å². The van der Waals surface area contributed by atoms with Crippen molar-refractivity contribution in [3.05, 3.63) is 26.3 Å². The molecule has 0 saturated carbocycles. The summed E-state index contributed by atoms with van der Waals surface area (Å²) in [6, 6.07) is 2.21. The van der Waals surface area contributed by atoms with Gasteiger partial charge in [-0.05, 0) is 34.7 Å². The summed E-state index contributed by atoms with van der Waals surface area (Å²) in [5.74, 6) is -0.0149. The third-order valence-corrected chi connectivity index (χ3v) is 2.90. The molecule has 1 rings (SSSR count). The number of rotatable bonds is 3. The van der Waals surface area contributed by atoms with Crippen LogP contribution >= 0.6 is 34.2 Å². The van der Waals surface area contributed by atoms with E-state index in [1.807, 2.05) is 22.6 Å². The van der Waals surface area contributed by atoms with E-state index in [0.29, 0.717) is 3.57 Å². The largest absolute Gasteiger partial charge is 0.465 e. The summed E-state index contributed by atoms with van der Waals surface area (Å²) in [5, 5.41) is -0.448. The maximum Gasteiger partial charge on any atom is 0.417 e. The predicted octanol–water partition coefficient (Wildman–Crippen LogP) is 3.95. The molecule has 0 heterocycles. The zero-order valence-corrected chi connectivity index (χ0v) is 11.0. The monoisotopic (exact) mass is 366 g/mol. The van der Waals surface area contributed by atoms with Crippen LogP contribution in [0.4, 0.5) is 13.2 Å². The van der Waals surface area contributed by atoms with E-state index in [1.165, 1.54) is 13.2 Å². The van der Waals surface area contributed by atoms with E-state index >= 15 is 0 Å². The minimum Gasteiger partial charge on any atom is -0.465 e. The molecule has 0 saturated heterocycles. The Morgan fingerprint density at radius 2 is 2.00 bits per heavy atom. The van der Waals surface area contributed by atoms with E-state index in [1.54, 1.807) is 0 Å². The lowest BCUT2D eigenvalue weighted by molar-refractivity contribution is -0.137. The van der Waals surface area contributed by atoms with Crippen molar-refractivity contribution in [2.75, 3.05) is 13.9 Å². The molecule has 7 heteroatoms. The molecule has 2 nitrogen and oxygen atoms in total. The summed E-state index contributed by atoms with van der Waals surface area (Å²) in [6.45, 7) is -0.156. The second kappa shape index (κ2) is 5.42. The van der Waals surface area contributed by atoms with Crippen LogP contribution in [0.5, 0.6) is 5.75 Å². The molecule has 0 amide bonds. The van der Waals surface area contributed by atoms with Gasteiger partial charge in [0.1, 0.15) is 0 Å². The summed E-state index contributed by atoms with van der Waals surface area (Å²) in [7, 11) is 1.37. The minimum absolute atomic E-state index is 0.0149. The van der Waals surface area contributed by atoms with Gasteiger partial charge in [-0.2, -0.15) is 13.2 Å². The smallest absolute Gasteiger partial charge is 0.417 e. The van der Waals surface area contributed by atoms with Crippen LogP contribution in [0.15, 0.2) is 12.1 Å². The molecule has 1 aromatic carbocycles. The molecule has 0 aliphatic heterocycles. The van der Waals surface area contributed by atoms with Crippen LogP contribution in [0.25, 0.3) is 0 Å². The molecule has 0 N–H and O–H groups in total. The maximum absolute atomic E-state index is 12.5. The standard InChI is InChI=1S/C9H7ClF3IO2/c1-15-4-16-8-6(14)3-2-5(7(8)10)9(11,12)13/h2-3H,4H2,1H3. The first-order valence-corrected chi connectivity index (χ1v) is 5.50. The molecule has 0 fully saturated rings. The summed E-state index contributed by atoms with van der Waals surface area (Å²) in [6.07, 6.45) is -4.49. The molecule has 0 aromatic heterocycles. The zero-order chi connectivity index (χ0) is 12.3. The Labute approximate surface area is 109 Å². The Morgan fingerprint density at radius 3 is 2.50 bits per heavy atom. The third-order valence-electron chi connectivity index (χ3n) is 1.68. The zero-order valence-electron chi connectivity index (χ0n) is 8.07. The van der Waals surface area contributed by atoms with Gasteiger partial charge in [0.15, 0.2) is 12.5 Å². The topological polar surface area (TPSA) is 18.5 Å². The second-order valence-electron chi connectivity index (χ2n) is 2.79. The highest BCUT2D eigenvalue weighted by Crippen LogP contribution is 2.41. The van der Waals surface area contributed by atoms with Gasteiger partial charge >= 0.3 is 6.18 Å². The quantitative estimate of drug-likeness (QED) is 0.596. The SMILES string of the molecule is COCOc1c(I)ccc(C(F)(F)F)c1Cl. The van der Waals surface area contributed by atoms with Crippen LogP contribution in [0.3, 0.4) is 0 Å². The van der Waals surface area contributed by atoms with Gasteiger partial charge in [0.05, 0.1) is 14.2 Å². The van der Waals surface area contributed by atoms with Crippen LogP contribution in [0.2, 0.25) is 5.02 Å². The van der Waals surface area contributed by atoms with Crippen LogP contribution in [0.1, 0.15) is 5.56 Å². The highest BCUT2D eigenvalue weighted by Gasteiger charge is 2.35. The number of benzene rings is 1. The highest BCUT2D eigenvalue weighted by atomic mass is 127. The molecule has 0 atom stereocenters. The van der Waals surface area contributed by atoms with Gasteiger partial charge in [-0.3, -0.25) is 0 Å². The van der Waals surface area contributed by atoms with Gasteiger partial charge in [0.25, 0.3) is 0 Å². The molecule has 90 valence electrons. The van der Waals surface area contributed by atoms with Crippen molar-refractivity contribution in [2.45, 2.75) is 6.18 Å². The third kappa shape index (κ3) is 3.14. The molecule has 0 aliphatic rings. The number of hydrogen-bond donors (Lipinski definition) is 0. The minimum atomic E-state index is -4.49. The van der Waals surface area contributed by atoms with E-state index in [0.717, 1.165) is 6.07 Å². The summed E-state index contributed by atoms with van der Waals surface area (Å²) in [5.41, 5.74) is -0.916. The Balaban J connectivity index is 3.16. The molecule has 1 aromatic rings. The molecular weight excluding hydrogens is 359 g/mol. The normalized spacial score (nSPS) is 11.6. The number of methoxy groups -OCH3 is 1. The second-order valence-corrected chi connectivity index (χ2v) is 4.33. The molecule has 0 radical (unpaired) electrons. The number of alkyl halides is 3. The fraction of sp³-hybridized carbons (Fsp3) is 0.333. The summed E-state index contributed by atoms with van der Waals surface area (Å²) in [4.78, 5) is 0. The van der Waals surface area contributed by atoms with Crippen molar-refractivity contribution < 1.29 is 22.6 Å². The van der Waals surface area contributed by atoms with Crippen LogP contribution in [-0.2, 0) is 10.9 Å². The lowest BCUT2D eigenvalue weighted by atomic mass is 10.2. The maximum atomic E-state index is 12.5. The van der Waals surface area contributed by atoms with E-state index in [-0.39, 0.29) is 12.5 Å². The van der Waals surface area contributed by atoms with E-state index in [9.17, 15) is 13.2 Å². The summed E-state index contributed by atoms with van der Waals surface area (Å²) < 4.78 is 47.6. The fourth-order valence-corrected chi connectivity index (χ4v) is 2.09. The van der Waals surface area contributed by atoms with Crippen molar-refractivity contribution in [1.29, 1.82) is 0 Å². The average Bonchev–Trinajstić information content (AvgIpc) is 2.15. The first-order valence-electron chi connectivity index (χ1n) is 4.05. The van der Waals surface area contributed by atoms with Gasteiger partial charge in [-0.25, -0.2) is 0 Å². The molecule has 0 aliphatic carbocycles.